The van der Waals surface area contributed by atoms with Crippen LogP contribution in [0.3, 0.4) is 0 Å². The van der Waals surface area contributed by atoms with Gasteiger partial charge in [-0.25, -0.2) is 0 Å². The van der Waals surface area contributed by atoms with E-state index in [0.717, 1.165) is 0 Å². The molecule has 2 saturated heterocycles. The first-order valence-electron chi connectivity index (χ1n) is 7.05. The molecule has 0 aromatic carbocycles. The number of amides is 1. The zero-order valence-corrected chi connectivity index (χ0v) is 15.1. The van der Waals surface area contributed by atoms with Crippen molar-refractivity contribution >= 4 is 34.2 Å². The van der Waals surface area contributed by atoms with Crippen LogP contribution in [0.1, 0.15) is 34.1 Å². The number of hydrogen-bond donors (Lipinski definition) is 1. The molecule has 0 spiro atoms. The van der Waals surface area contributed by atoms with Crippen molar-refractivity contribution in [2.24, 2.45) is 0 Å². The molecule has 2 atom stereocenters. The van der Waals surface area contributed by atoms with Gasteiger partial charge in [0.05, 0.1) is 18.2 Å². The van der Waals surface area contributed by atoms with Gasteiger partial charge in [-0.2, -0.15) is 0 Å². The third-order valence-electron chi connectivity index (χ3n) is 4.27. The van der Waals surface area contributed by atoms with E-state index in [4.69, 9.17) is 17.0 Å². The summed E-state index contributed by atoms with van der Waals surface area (Å²) < 4.78 is 5.37. The van der Waals surface area contributed by atoms with E-state index >= 15 is 0 Å². The SMILES string of the molecule is CN(C)C(=S)SC1(C(C)(C)O)C(=O)N2C1CCOC2(C)C. The summed E-state index contributed by atoms with van der Waals surface area (Å²) in [5.74, 6) is -0.0982. The molecule has 120 valence electrons. The predicted octanol–water partition coefficient (Wildman–Crippen LogP) is 1.44. The van der Waals surface area contributed by atoms with E-state index in [0.29, 0.717) is 17.3 Å². The van der Waals surface area contributed by atoms with E-state index in [2.05, 4.69) is 0 Å². The summed E-state index contributed by atoms with van der Waals surface area (Å²) in [6, 6.07) is -0.0725. The lowest BCUT2D eigenvalue weighted by molar-refractivity contribution is -0.240. The van der Waals surface area contributed by atoms with Gasteiger partial charge in [0.1, 0.15) is 14.8 Å². The van der Waals surface area contributed by atoms with Gasteiger partial charge in [0, 0.05) is 14.1 Å². The van der Waals surface area contributed by atoms with Crippen LogP contribution in [-0.4, -0.2) is 68.0 Å². The van der Waals surface area contributed by atoms with Crippen molar-refractivity contribution in [3.63, 3.8) is 0 Å². The van der Waals surface area contributed by atoms with Gasteiger partial charge < -0.3 is 19.6 Å². The number of carbonyl (C=O) groups is 1. The highest BCUT2D eigenvalue weighted by molar-refractivity contribution is 8.24. The maximum atomic E-state index is 12.9. The maximum absolute atomic E-state index is 12.9. The normalized spacial score (nSPS) is 31.5. The first kappa shape index (κ1) is 17.0. The Labute approximate surface area is 136 Å². The molecule has 21 heavy (non-hydrogen) atoms. The van der Waals surface area contributed by atoms with Gasteiger partial charge in [0.25, 0.3) is 0 Å². The van der Waals surface area contributed by atoms with Gasteiger partial charge in [0.15, 0.2) is 0 Å². The third-order valence-corrected chi connectivity index (χ3v) is 6.69. The predicted molar refractivity (Wildman–Crippen MR) is 88.2 cm³/mol. The lowest BCUT2D eigenvalue weighted by Crippen LogP contribution is -2.84. The minimum absolute atomic E-state index is 0.0725. The van der Waals surface area contributed by atoms with E-state index in [9.17, 15) is 9.90 Å². The molecule has 2 aliphatic rings. The number of thioether (sulfide) groups is 1. The summed E-state index contributed by atoms with van der Waals surface area (Å²) >= 11 is 6.68. The molecule has 1 amide bonds. The van der Waals surface area contributed by atoms with Crippen LogP contribution in [0, 0.1) is 0 Å². The monoisotopic (exact) mass is 332 g/mol. The number of hydrogen-bond acceptors (Lipinski definition) is 5. The number of nitrogens with zero attached hydrogens (tertiary/aromatic N) is 2. The van der Waals surface area contributed by atoms with Crippen molar-refractivity contribution in [1.29, 1.82) is 0 Å². The Hall–Kier alpha value is -0.370. The number of rotatable bonds is 2. The van der Waals surface area contributed by atoms with Crippen LogP contribution in [0.15, 0.2) is 0 Å². The molecule has 0 aromatic heterocycles. The smallest absolute Gasteiger partial charge is 0.246 e. The zero-order valence-electron chi connectivity index (χ0n) is 13.5. The average Bonchev–Trinajstić information content (AvgIpc) is 2.31. The molecule has 2 rings (SSSR count). The number of carbonyl (C=O) groups excluding carboxylic acids is 1. The molecule has 2 aliphatic heterocycles. The number of aliphatic hydroxyl groups is 1. The molecule has 7 heteroatoms. The number of thiocarbonyl (C=S) groups is 1. The summed E-state index contributed by atoms with van der Waals surface area (Å²) in [6.07, 6.45) is 0.711. The standard InChI is InChI=1S/C14H24N2O3S2/c1-12(2,18)14(21-11(20)15(5)6)9-7-8-19-13(3,4)16(9)10(14)17/h9,18H,7-8H2,1-6H3. The molecule has 0 bridgehead atoms. The van der Waals surface area contributed by atoms with Crippen molar-refractivity contribution in [1.82, 2.24) is 9.80 Å². The van der Waals surface area contributed by atoms with E-state index in [-0.39, 0.29) is 11.9 Å². The van der Waals surface area contributed by atoms with Crippen LogP contribution >= 0.6 is 24.0 Å². The van der Waals surface area contributed by atoms with Crippen molar-refractivity contribution in [3.8, 4) is 0 Å². The van der Waals surface area contributed by atoms with Crippen LogP contribution in [0.5, 0.6) is 0 Å². The molecule has 0 radical (unpaired) electrons. The molecule has 2 unspecified atom stereocenters. The minimum Gasteiger partial charge on any atom is -0.388 e. The molecule has 2 heterocycles. The van der Waals surface area contributed by atoms with Gasteiger partial charge in [0.2, 0.25) is 5.91 Å². The zero-order chi connectivity index (χ0) is 16.2. The highest BCUT2D eigenvalue weighted by Crippen LogP contribution is 2.55. The number of β-lactam (4-membered cyclic amide) rings is 1. The summed E-state index contributed by atoms with van der Waals surface area (Å²) in [4.78, 5) is 16.5. The first-order valence-corrected chi connectivity index (χ1v) is 8.28. The molecular weight excluding hydrogens is 308 g/mol. The molecule has 0 saturated carbocycles. The van der Waals surface area contributed by atoms with Crippen LogP contribution in [0.25, 0.3) is 0 Å². The fourth-order valence-electron chi connectivity index (χ4n) is 3.16. The average molecular weight is 332 g/mol. The van der Waals surface area contributed by atoms with Gasteiger partial charge in [-0.05, 0) is 34.1 Å². The minimum atomic E-state index is -1.16. The van der Waals surface area contributed by atoms with Crippen LogP contribution < -0.4 is 0 Å². The van der Waals surface area contributed by atoms with Crippen molar-refractivity contribution in [3.05, 3.63) is 0 Å². The molecule has 1 N–H and O–H groups in total. The highest BCUT2D eigenvalue weighted by atomic mass is 32.2. The Morgan fingerprint density at radius 3 is 2.57 bits per heavy atom. The Morgan fingerprint density at radius 2 is 2.10 bits per heavy atom. The van der Waals surface area contributed by atoms with Gasteiger partial charge in [-0.15, -0.1) is 0 Å². The quantitative estimate of drug-likeness (QED) is 0.610. The Kier molecular flexibility index (Phi) is 4.11. The van der Waals surface area contributed by atoms with E-state index in [1.807, 2.05) is 27.9 Å². The first-order chi connectivity index (χ1) is 9.45. The summed E-state index contributed by atoms with van der Waals surface area (Å²) in [7, 11) is 3.70. The summed E-state index contributed by atoms with van der Waals surface area (Å²) in [6.45, 7) is 7.74. The summed E-state index contributed by atoms with van der Waals surface area (Å²) in [5, 5.41) is 10.7. The molecule has 5 nitrogen and oxygen atoms in total. The van der Waals surface area contributed by atoms with E-state index in [1.165, 1.54) is 11.8 Å². The van der Waals surface area contributed by atoms with Gasteiger partial charge >= 0.3 is 0 Å². The molecule has 2 fully saturated rings. The number of ether oxygens (including phenoxy) is 1. The lowest BCUT2D eigenvalue weighted by Gasteiger charge is -2.65. The second kappa shape index (κ2) is 5.08. The Balaban J connectivity index is 2.40. The van der Waals surface area contributed by atoms with Crippen LogP contribution in [0.2, 0.25) is 0 Å². The Bertz CT molecular complexity index is 473. The topological polar surface area (TPSA) is 53.0 Å². The second-order valence-electron chi connectivity index (χ2n) is 6.83. The number of fused-ring (bicyclic) bond motifs is 1. The second-order valence-corrected chi connectivity index (χ2v) is 8.71. The fourth-order valence-corrected chi connectivity index (χ4v) is 4.80. The van der Waals surface area contributed by atoms with E-state index in [1.54, 1.807) is 23.6 Å². The Morgan fingerprint density at radius 1 is 1.52 bits per heavy atom. The summed E-state index contributed by atoms with van der Waals surface area (Å²) in [5.41, 5.74) is -1.79. The largest absolute Gasteiger partial charge is 0.388 e. The van der Waals surface area contributed by atoms with E-state index < -0.39 is 16.1 Å². The molecule has 0 aromatic rings. The fraction of sp³-hybridized carbons (Fsp3) is 0.857. The lowest BCUT2D eigenvalue weighted by atomic mass is 9.71. The molecule has 0 aliphatic carbocycles. The van der Waals surface area contributed by atoms with Crippen molar-refractivity contribution in [2.45, 2.75) is 56.2 Å². The van der Waals surface area contributed by atoms with Gasteiger partial charge in [-0.1, -0.05) is 24.0 Å². The molecular formula is C14H24N2O3S2. The third kappa shape index (κ3) is 2.38. The van der Waals surface area contributed by atoms with Crippen LogP contribution in [0.4, 0.5) is 0 Å². The highest BCUT2D eigenvalue weighted by Gasteiger charge is 2.72. The van der Waals surface area contributed by atoms with Crippen molar-refractivity contribution in [2.75, 3.05) is 20.7 Å². The van der Waals surface area contributed by atoms with Crippen molar-refractivity contribution < 1.29 is 14.6 Å². The van der Waals surface area contributed by atoms with Crippen LogP contribution in [-0.2, 0) is 9.53 Å². The maximum Gasteiger partial charge on any atom is 0.246 e. The van der Waals surface area contributed by atoms with Gasteiger partial charge in [-0.3, -0.25) is 4.79 Å².